The van der Waals surface area contributed by atoms with Gasteiger partial charge in [-0.25, -0.2) is 0 Å². The first-order chi connectivity index (χ1) is 13.4. The van der Waals surface area contributed by atoms with Crippen molar-refractivity contribution in [2.45, 2.75) is 19.3 Å². The Kier molecular flexibility index (Phi) is 6.75. The molecule has 2 aromatic rings. The number of carbonyl (C=O) groups excluding carboxylic acids is 1. The summed E-state index contributed by atoms with van der Waals surface area (Å²) in [5.41, 5.74) is 1.36. The monoisotopic (exact) mass is 418 g/mol. The molecule has 2 N–H and O–H groups in total. The van der Waals surface area contributed by atoms with Gasteiger partial charge in [0.05, 0.1) is 24.3 Å². The number of hydrogen-bond donors (Lipinski definition) is 2. The van der Waals surface area contributed by atoms with Crippen LogP contribution in [0.3, 0.4) is 0 Å². The van der Waals surface area contributed by atoms with Crippen LogP contribution in [0.4, 0.5) is 5.69 Å². The number of benzene rings is 2. The van der Waals surface area contributed by atoms with E-state index in [1.165, 1.54) is 11.8 Å². The molecule has 0 saturated carbocycles. The van der Waals surface area contributed by atoms with Crippen LogP contribution in [0, 0.1) is 5.92 Å². The topological polar surface area (TPSA) is 59.6 Å². The lowest BCUT2D eigenvalue weighted by molar-refractivity contribution is -0.116. The van der Waals surface area contributed by atoms with Crippen molar-refractivity contribution in [2.24, 2.45) is 5.92 Å². The molecule has 5 nitrogen and oxygen atoms in total. The van der Waals surface area contributed by atoms with E-state index in [0.29, 0.717) is 28.2 Å². The minimum Gasteiger partial charge on any atom is -0.495 e. The maximum atomic E-state index is 12.3. The number of ether oxygens (including phenoxy) is 2. The Morgan fingerprint density at radius 3 is 2.68 bits per heavy atom. The number of anilines is 1. The van der Waals surface area contributed by atoms with E-state index in [2.05, 4.69) is 24.5 Å². The van der Waals surface area contributed by atoms with Crippen LogP contribution in [0.15, 0.2) is 47.4 Å². The van der Waals surface area contributed by atoms with E-state index in [0.717, 1.165) is 17.0 Å². The Morgan fingerprint density at radius 2 is 2.00 bits per heavy atom. The molecule has 28 heavy (non-hydrogen) atoms. The number of methoxy groups -OCH3 is 1. The standard InChI is InChI=1S/C21H23ClN2O3S/c1-13(2)12-27-16-7-4-14(5-8-16)10-19-20(25)24-21(28-19)23-17-11-15(22)6-9-18(17)26-3/h4-11,13,21,23H,12H2,1-3H3,(H,24,25)/b19-10-. The van der Waals surface area contributed by atoms with Crippen molar-refractivity contribution in [3.05, 3.63) is 58.0 Å². The van der Waals surface area contributed by atoms with Crippen LogP contribution in [0.2, 0.25) is 5.02 Å². The Hall–Kier alpha value is -2.31. The zero-order chi connectivity index (χ0) is 20.1. The molecular weight excluding hydrogens is 396 g/mol. The largest absolute Gasteiger partial charge is 0.495 e. The second-order valence-corrected chi connectivity index (χ2v) is 8.33. The van der Waals surface area contributed by atoms with Crippen molar-refractivity contribution in [3.63, 3.8) is 0 Å². The third-order valence-corrected chi connectivity index (χ3v) is 5.20. The summed E-state index contributed by atoms with van der Waals surface area (Å²) in [6, 6.07) is 13.0. The van der Waals surface area contributed by atoms with Crippen molar-refractivity contribution in [1.29, 1.82) is 0 Å². The molecule has 1 amide bonds. The highest BCUT2D eigenvalue weighted by molar-refractivity contribution is 8.05. The summed E-state index contributed by atoms with van der Waals surface area (Å²) in [4.78, 5) is 13.0. The normalized spacial score (nSPS) is 17.7. The van der Waals surface area contributed by atoms with Gasteiger partial charge in [0.1, 0.15) is 11.5 Å². The molecule has 2 aromatic carbocycles. The summed E-state index contributed by atoms with van der Waals surface area (Å²) in [5, 5.41) is 6.74. The van der Waals surface area contributed by atoms with Crippen molar-refractivity contribution >= 4 is 41.0 Å². The summed E-state index contributed by atoms with van der Waals surface area (Å²) < 4.78 is 11.0. The summed E-state index contributed by atoms with van der Waals surface area (Å²) in [5.74, 6) is 1.84. The highest BCUT2D eigenvalue weighted by Gasteiger charge is 2.27. The second kappa shape index (κ2) is 9.26. The molecule has 1 unspecified atom stereocenters. The summed E-state index contributed by atoms with van der Waals surface area (Å²) in [7, 11) is 1.59. The molecule has 1 aliphatic heterocycles. The molecule has 0 spiro atoms. The number of hydrogen-bond acceptors (Lipinski definition) is 5. The predicted molar refractivity (Wildman–Crippen MR) is 116 cm³/mol. The van der Waals surface area contributed by atoms with Gasteiger partial charge >= 0.3 is 0 Å². The van der Waals surface area contributed by atoms with Crippen LogP contribution < -0.4 is 20.1 Å². The van der Waals surface area contributed by atoms with Gasteiger partial charge in [0, 0.05) is 5.02 Å². The lowest BCUT2D eigenvalue weighted by Crippen LogP contribution is -2.31. The third kappa shape index (κ3) is 5.36. The van der Waals surface area contributed by atoms with Crippen molar-refractivity contribution < 1.29 is 14.3 Å². The van der Waals surface area contributed by atoms with E-state index in [1.54, 1.807) is 25.3 Å². The third-order valence-electron chi connectivity index (χ3n) is 3.94. The molecule has 148 valence electrons. The summed E-state index contributed by atoms with van der Waals surface area (Å²) in [6.45, 7) is 4.90. The molecule has 1 fully saturated rings. The van der Waals surface area contributed by atoms with Crippen LogP contribution in [-0.4, -0.2) is 25.1 Å². The van der Waals surface area contributed by atoms with Gasteiger partial charge in [0.25, 0.3) is 5.91 Å². The zero-order valence-electron chi connectivity index (χ0n) is 16.0. The highest BCUT2D eigenvalue weighted by Crippen LogP contribution is 2.34. The molecular formula is C21H23ClN2O3S. The first-order valence-electron chi connectivity index (χ1n) is 8.97. The van der Waals surface area contributed by atoms with Gasteiger partial charge in [-0.05, 0) is 47.9 Å². The first-order valence-corrected chi connectivity index (χ1v) is 10.2. The van der Waals surface area contributed by atoms with Crippen LogP contribution in [-0.2, 0) is 4.79 Å². The zero-order valence-corrected chi connectivity index (χ0v) is 17.6. The maximum Gasteiger partial charge on any atom is 0.260 e. The van der Waals surface area contributed by atoms with E-state index < -0.39 is 0 Å². The van der Waals surface area contributed by atoms with Crippen LogP contribution in [0.25, 0.3) is 6.08 Å². The van der Waals surface area contributed by atoms with E-state index in [4.69, 9.17) is 21.1 Å². The van der Waals surface area contributed by atoms with Gasteiger partial charge in [0.2, 0.25) is 0 Å². The fourth-order valence-electron chi connectivity index (χ4n) is 2.57. The molecule has 0 radical (unpaired) electrons. The molecule has 7 heteroatoms. The Labute approximate surface area is 174 Å². The number of carbonyl (C=O) groups is 1. The number of rotatable bonds is 7. The number of amides is 1. The van der Waals surface area contributed by atoms with Gasteiger partial charge in [-0.1, -0.05) is 49.3 Å². The number of nitrogens with one attached hydrogen (secondary N) is 2. The fraction of sp³-hybridized carbons (Fsp3) is 0.286. The van der Waals surface area contributed by atoms with E-state index >= 15 is 0 Å². The first kappa shape index (κ1) is 20.4. The molecule has 0 aliphatic carbocycles. The average molecular weight is 419 g/mol. The molecule has 1 atom stereocenters. The molecule has 1 saturated heterocycles. The lowest BCUT2D eigenvalue weighted by atomic mass is 10.2. The van der Waals surface area contributed by atoms with Crippen LogP contribution in [0.5, 0.6) is 11.5 Å². The Bertz CT molecular complexity index is 868. The Balaban J connectivity index is 1.66. The molecule has 1 heterocycles. The highest BCUT2D eigenvalue weighted by atomic mass is 35.5. The lowest BCUT2D eigenvalue weighted by Gasteiger charge is -2.15. The average Bonchev–Trinajstić information content (AvgIpc) is 3.00. The van der Waals surface area contributed by atoms with E-state index in [-0.39, 0.29) is 11.4 Å². The van der Waals surface area contributed by atoms with Gasteiger partial charge in [0.15, 0.2) is 5.50 Å². The quantitative estimate of drug-likeness (QED) is 0.621. The fourth-order valence-corrected chi connectivity index (χ4v) is 3.72. The minimum atomic E-state index is -0.306. The molecule has 0 bridgehead atoms. The number of thioether (sulfide) groups is 1. The molecule has 1 aliphatic rings. The van der Waals surface area contributed by atoms with E-state index in [1.807, 2.05) is 30.3 Å². The van der Waals surface area contributed by atoms with Gasteiger partial charge in [-0.15, -0.1) is 0 Å². The van der Waals surface area contributed by atoms with Gasteiger partial charge in [-0.2, -0.15) is 0 Å². The molecule has 3 rings (SSSR count). The Morgan fingerprint density at radius 1 is 1.25 bits per heavy atom. The maximum absolute atomic E-state index is 12.3. The SMILES string of the molecule is COc1ccc(Cl)cc1NC1NC(=O)/C(=C/c2ccc(OCC(C)C)cc2)S1. The number of halogens is 1. The molecule has 0 aromatic heterocycles. The van der Waals surface area contributed by atoms with Crippen molar-refractivity contribution in [1.82, 2.24) is 5.32 Å². The van der Waals surface area contributed by atoms with Crippen molar-refractivity contribution in [2.75, 3.05) is 19.0 Å². The van der Waals surface area contributed by atoms with Crippen LogP contribution >= 0.6 is 23.4 Å². The smallest absolute Gasteiger partial charge is 0.260 e. The van der Waals surface area contributed by atoms with Crippen LogP contribution in [0.1, 0.15) is 19.4 Å². The summed E-state index contributed by atoms with van der Waals surface area (Å²) in [6.07, 6.45) is 1.86. The van der Waals surface area contributed by atoms with E-state index in [9.17, 15) is 4.79 Å². The predicted octanol–water partition coefficient (Wildman–Crippen LogP) is 4.98. The van der Waals surface area contributed by atoms with Gasteiger partial charge in [-0.3, -0.25) is 4.79 Å². The van der Waals surface area contributed by atoms with Crippen molar-refractivity contribution in [3.8, 4) is 11.5 Å². The summed E-state index contributed by atoms with van der Waals surface area (Å²) >= 11 is 7.48. The second-order valence-electron chi connectivity index (χ2n) is 6.74. The minimum absolute atomic E-state index is 0.122. The van der Waals surface area contributed by atoms with Gasteiger partial charge < -0.3 is 20.1 Å².